The van der Waals surface area contributed by atoms with E-state index in [9.17, 15) is 9.90 Å². The van der Waals surface area contributed by atoms with E-state index in [2.05, 4.69) is 0 Å². The van der Waals surface area contributed by atoms with Gasteiger partial charge in [0, 0.05) is 31.0 Å². The summed E-state index contributed by atoms with van der Waals surface area (Å²) in [5, 5.41) is 18.0. The highest BCUT2D eigenvalue weighted by atomic mass is 35.5. The van der Waals surface area contributed by atoms with E-state index in [-0.39, 0.29) is 46.7 Å². The van der Waals surface area contributed by atoms with Crippen LogP contribution in [0.4, 0.5) is 0 Å². The van der Waals surface area contributed by atoms with Gasteiger partial charge in [-0.15, -0.1) is 0 Å². The van der Waals surface area contributed by atoms with E-state index in [0.29, 0.717) is 16.9 Å². The van der Waals surface area contributed by atoms with Gasteiger partial charge >= 0.3 is 0 Å². The number of nitrogens with one attached hydrogen (secondary N) is 1. The Morgan fingerprint density at radius 3 is 2.65 bits per heavy atom. The summed E-state index contributed by atoms with van der Waals surface area (Å²) in [5.74, 6) is 0.420. The molecule has 124 valence electrons. The quantitative estimate of drug-likeness (QED) is 0.746. The van der Waals surface area contributed by atoms with E-state index in [1.807, 2.05) is 0 Å². The molecule has 0 saturated heterocycles. The van der Waals surface area contributed by atoms with E-state index < -0.39 is 0 Å². The van der Waals surface area contributed by atoms with E-state index in [1.165, 1.54) is 14.2 Å². The van der Waals surface area contributed by atoms with Crippen LogP contribution in [0.25, 0.3) is 11.0 Å². The molecule has 0 bridgehead atoms. The summed E-state index contributed by atoms with van der Waals surface area (Å²) in [5.41, 5.74) is 0.252. The first kappa shape index (κ1) is 17.1. The number of furan rings is 1. The summed E-state index contributed by atoms with van der Waals surface area (Å²) in [6.45, 7) is 1.76. The van der Waals surface area contributed by atoms with Gasteiger partial charge in [-0.1, -0.05) is 18.5 Å². The molecule has 1 unspecified atom stereocenters. The summed E-state index contributed by atoms with van der Waals surface area (Å²) in [4.78, 5) is 11.7. The highest BCUT2D eigenvalue weighted by Gasteiger charge is 2.26. The van der Waals surface area contributed by atoms with Gasteiger partial charge in [-0.25, -0.2) is 0 Å². The number of hydrogen-bond donors (Lipinski definition) is 2. The van der Waals surface area contributed by atoms with Gasteiger partial charge in [0.1, 0.15) is 33.5 Å². The van der Waals surface area contributed by atoms with E-state index >= 15 is 0 Å². The second-order valence-electron chi connectivity index (χ2n) is 5.17. The molecular weight excluding hydrogens is 322 g/mol. The number of benzene rings is 1. The predicted molar refractivity (Wildman–Crippen MR) is 87.4 cm³/mol. The molecule has 0 fully saturated rings. The molecule has 23 heavy (non-hydrogen) atoms. The molecule has 2 aromatic rings. The number of ether oxygens (including phenoxy) is 2. The van der Waals surface area contributed by atoms with E-state index in [4.69, 9.17) is 30.9 Å². The van der Waals surface area contributed by atoms with Crippen LogP contribution in [0.5, 0.6) is 17.2 Å². The zero-order valence-corrected chi connectivity index (χ0v) is 13.9. The zero-order valence-electron chi connectivity index (χ0n) is 13.1. The van der Waals surface area contributed by atoms with E-state index in [1.54, 1.807) is 13.0 Å². The number of methoxy groups -OCH3 is 2. The molecular formula is C16H18ClNO5. The minimum atomic E-state index is -0.360. The van der Waals surface area contributed by atoms with Crippen LogP contribution in [0.1, 0.15) is 31.4 Å². The number of ketones is 1. The van der Waals surface area contributed by atoms with Crippen LogP contribution < -0.4 is 9.47 Å². The number of Topliss-reactive ketones (excluding diaryl/α,β-unsaturated/α-hetero) is 1. The fourth-order valence-corrected chi connectivity index (χ4v) is 2.73. The van der Waals surface area contributed by atoms with Gasteiger partial charge in [0.05, 0.1) is 14.2 Å². The lowest BCUT2D eigenvalue weighted by molar-refractivity contribution is -0.118. The largest absolute Gasteiger partial charge is 0.504 e. The fourth-order valence-electron chi connectivity index (χ4n) is 2.46. The van der Waals surface area contributed by atoms with Crippen molar-refractivity contribution in [1.82, 2.24) is 0 Å². The molecule has 0 aliphatic heterocycles. The van der Waals surface area contributed by atoms with Crippen molar-refractivity contribution in [3.63, 3.8) is 0 Å². The minimum Gasteiger partial charge on any atom is -0.504 e. The van der Waals surface area contributed by atoms with Gasteiger partial charge in [-0.2, -0.15) is 0 Å². The molecule has 1 heterocycles. The van der Waals surface area contributed by atoms with Crippen LogP contribution >= 0.6 is 11.6 Å². The number of hydrogen-bond acceptors (Lipinski definition) is 6. The van der Waals surface area contributed by atoms with Gasteiger partial charge in [0.2, 0.25) is 0 Å². The second kappa shape index (κ2) is 6.91. The third kappa shape index (κ3) is 3.12. The smallest absolute Gasteiger partial charge is 0.169 e. The van der Waals surface area contributed by atoms with Crippen molar-refractivity contribution >= 4 is 34.6 Å². The number of aromatic hydroxyl groups is 1. The first-order valence-electron chi connectivity index (χ1n) is 7.01. The van der Waals surface area contributed by atoms with Gasteiger partial charge in [-0.05, 0) is 0 Å². The molecule has 0 radical (unpaired) electrons. The summed E-state index contributed by atoms with van der Waals surface area (Å²) >= 11 is 6.23. The molecule has 0 aliphatic carbocycles. The average molecular weight is 340 g/mol. The van der Waals surface area contributed by atoms with Gasteiger partial charge < -0.3 is 24.4 Å². The van der Waals surface area contributed by atoms with Gasteiger partial charge in [0.25, 0.3) is 0 Å². The number of carbonyl (C=O) groups excluding carboxylic acids is 1. The van der Waals surface area contributed by atoms with Crippen molar-refractivity contribution in [2.24, 2.45) is 0 Å². The molecule has 0 spiro atoms. The molecule has 6 nitrogen and oxygen atoms in total. The fraction of sp³-hybridized carbons (Fsp3) is 0.375. The maximum Gasteiger partial charge on any atom is 0.169 e. The Hall–Kier alpha value is -2.21. The summed E-state index contributed by atoms with van der Waals surface area (Å²) in [7, 11) is 2.93. The highest BCUT2D eigenvalue weighted by Crippen LogP contribution is 2.48. The lowest BCUT2D eigenvalue weighted by Crippen LogP contribution is -2.04. The summed E-state index contributed by atoms with van der Waals surface area (Å²) in [6.07, 6.45) is 1.27. The predicted octanol–water partition coefficient (Wildman–Crippen LogP) is 3.91. The number of rotatable bonds is 7. The maximum atomic E-state index is 11.7. The molecule has 0 amide bonds. The Labute approximate surface area is 138 Å². The Kier molecular flexibility index (Phi) is 5.15. The molecule has 7 heteroatoms. The number of carbonyl (C=O) groups is 1. The number of halogens is 1. The van der Waals surface area contributed by atoms with Crippen LogP contribution in [0.15, 0.2) is 10.5 Å². The Balaban J connectivity index is 2.54. The SMILES string of the molecule is COc1cc(OC)c2c(O)c(C(C)CC(=O)CC=N)oc2c1Cl. The standard InChI is InChI=1S/C16H18ClNO5/c1-8(6-9(19)4-5-18)15-14(20)12-10(21-2)7-11(22-3)13(17)16(12)23-15/h5,7-8,18,20H,4,6H2,1-3H3. The molecule has 2 rings (SSSR count). The lowest BCUT2D eigenvalue weighted by Gasteiger charge is -2.07. The van der Waals surface area contributed by atoms with Crippen molar-refractivity contribution in [3.05, 3.63) is 16.8 Å². The molecule has 1 aromatic carbocycles. The van der Waals surface area contributed by atoms with Gasteiger partial charge in [-0.3, -0.25) is 4.79 Å². The van der Waals surface area contributed by atoms with Crippen LogP contribution in [0, 0.1) is 5.41 Å². The van der Waals surface area contributed by atoms with Gasteiger partial charge in [0.15, 0.2) is 11.3 Å². The van der Waals surface area contributed by atoms with Crippen molar-refractivity contribution in [3.8, 4) is 17.2 Å². The summed E-state index contributed by atoms with van der Waals surface area (Å²) < 4.78 is 16.1. The Morgan fingerprint density at radius 2 is 2.09 bits per heavy atom. The van der Waals surface area contributed by atoms with Crippen molar-refractivity contribution < 1.29 is 23.8 Å². The van der Waals surface area contributed by atoms with Crippen molar-refractivity contribution in [1.29, 1.82) is 5.41 Å². The van der Waals surface area contributed by atoms with Crippen molar-refractivity contribution in [2.75, 3.05) is 14.2 Å². The first-order chi connectivity index (χ1) is 10.9. The normalized spacial score (nSPS) is 12.2. The third-order valence-electron chi connectivity index (χ3n) is 3.58. The summed E-state index contributed by atoms with van der Waals surface area (Å²) in [6, 6.07) is 1.56. The Morgan fingerprint density at radius 1 is 1.43 bits per heavy atom. The molecule has 0 saturated carbocycles. The number of fused-ring (bicyclic) bond motifs is 1. The monoisotopic (exact) mass is 339 g/mol. The van der Waals surface area contributed by atoms with Crippen LogP contribution in [-0.2, 0) is 4.79 Å². The highest BCUT2D eigenvalue weighted by molar-refractivity contribution is 6.37. The molecule has 2 N–H and O–H groups in total. The molecule has 1 aromatic heterocycles. The zero-order chi connectivity index (χ0) is 17.1. The second-order valence-corrected chi connectivity index (χ2v) is 5.54. The van der Waals surface area contributed by atoms with Crippen LogP contribution in [-0.4, -0.2) is 31.3 Å². The van der Waals surface area contributed by atoms with Crippen LogP contribution in [0.3, 0.4) is 0 Å². The van der Waals surface area contributed by atoms with Crippen LogP contribution in [0.2, 0.25) is 5.02 Å². The van der Waals surface area contributed by atoms with E-state index in [0.717, 1.165) is 6.21 Å². The Bertz CT molecular complexity index is 753. The molecule has 0 aliphatic rings. The first-order valence-corrected chi connectivity index (χ1v) is 7.38. The average Bonchev–Trinajstić information content (AvgIpc) is 2.87. The topological polar surface area (TPSA) is 92.8 Å². The minimum absolute atomic E-state index is 0.0588. The molecule has 1 atom stereocenters. The van der Waals surface area contributed by atoms with Crippen molar-refractivity contribution in [2.45, 2.75) is 25.7 Å². The maximum absolute atomic E-state index is 11.7. The third-order valence-corrected chi connectivity index (χ3v) is 3.94. The lowest BCUT2D eigenvalue weighted by atomic mass is 9.99.